The van der Waals surface area contributed by atoms with Gasteiger partial charge in [-0.1, -0.05) is 39.7 Å². The highest BCUT2D eigenvalue weighted by Gasteiger charge is 1.93. The third-order valence-corrected chi connectivity index (χ3v) is 2.19. The molecule has 1 rings (SSSR count). The molecule has 0 radical (unpaired) electrons. The van der Waals surface area contributed by atoms with Crippen molar-refractivity contribution < 1.29 is 0 Å². The molecule has 0 aromatic heterocycles. The molecular formula is C9H8BrClS. The second-order valence-electron chi connectivity index (χ2n) is 2.29. The van der Waals surface area contributed by atoms with Crippen LogP contribution in [0.5, 0.6) is 0 Å². The number of thiol groups is 1. The van der Waals surface area contributed by atoms with Gasteiger partial charge in [0, 0.05) is 15.2 Å². The fourth-order valence-electron chi connectivity index (χ4n) is 0.860. The molecule has 0 fully saturated rings. The second-order valence-corrected chi connectivity index (χ2v) is 4.00. The Bertz CT molecular complexity index is 276. The maximum absolute atomic E-state index is 5.85. The predicted octanol–water partition coefficient (Wildman–Crippen LogP) is 4.05. The average molecular weight is 264 g/mol. The van der Waals surface area contributed by atoms with Crippen LogP contribution in [0, 0.1) is 0 Å². The first-order valence-corrected chi connectivity index (χ1v) is 5.26. The lowest BCUT2D eigenvalue weighted by molar-refractivity contribution is 1.60. The topological polar surface area (TPSA) is 0 Å². The van der Waals surface area contributed by atoms with Crippen LogP contribution < -0.4 is 0 Å². The zero-order valence-corrected chi connectivity index (χ0v) is 9.53. The Hall–Kier alpha value is 0.0800. The minimum Gasteiger partial charge on any atom is -0.175 e. The Labute approximate surface area is 91.2 Å². The quantitative estimate of drug-likeness (QED) is 0.765. The van der Waals surface area contributed by atoms with Crippen LogP contribution in [-0.2, 0) is 0 Å². The third-order valence-electron chi connectivity index (χ3n) is 1.30. The van der Waals surface area contributed by atoms with Crippen molar-refractivity contribution in [3.63, 3.8) is 0 Å². The largest absolute Gasteiger partial charge is 0.175 e. The number of hydrogen-bond donors (Lipinski definition) is 1. The summed E-state index contributed by atoms with van der Waals surface area (Å²) in [6.45, 7) is 0. The Morgan fingerprint density at radius 2 is 2.17 bits per heavy atom. The summed E-state index contributed by atoms with van der Waals surface area (Å²) in [6.07, 6.45) is 3.96. The number of benzene rings is 1. The molecule has 0 spiro atoms. The fourth-order valence-corrected chi connectivity index (χ4v) is 1.85. The van der Waals surface area contributed by atoms with Crippen molar-refractivity contribution in [2.24, 2.45) is 0 Å². The smallest absolute Gasteiger partial charge is 0.0423 e. The van der Waals surface area contributed by atoms with Crippen molar-refractivity contribution in [2.45, 2.75) is 0 Å². The fraction of sp³-hybridized carbons (Fsp3) is 0.111. The van der Waals surface area contributed by atoms with Crippen LogP contribution in [0.15, 0.2) is 28.7 Å². The van der Waals surface area contributed by atoms with E-state index in [9.17, 15) is 0 Å². The van der Waals surface area contributed by atoms with Gasteiger partial charge < -0.3 is 0 Å². The highest BCUT2D eigenvalue weighted by Crippen LogP contribution is 2.20. The molecule has 0 saturated heterocycles. The summed E-state index contributed by atoms with van der Waals surface area (Å²) in [6, 6.07) is 5.78. The average Bonchev–Trinajstić information content (AvgIpc) is 1.99. The number of halogens is 2. The van der Waals surface area contributed by atoms with Crippen LogP contribution in [-0.4, -0.2) is 5.75 Å². The summed E-state index contributed by atoms with van der Waals surface area (Å²) in [7, 11) is 0. The van der Waals surface area contributed by atoms with E-state index in [4.69, 9.17) is 11.6 Å². The SMILES string of the molecule is SCC=Cc1cc(Cl)cc(Br)c1. The van der Waals surface area contributed by atoms with Gasteiger partial charge in [-0.05, 0) is 23.8 Å². The lowest BCUT2D eigenvalue weighted by Crippen LogP contribution is -1.73. The summed E-state index contributed by atoms with van der Waals surface area (Å²) >= 11 is 13.3. The van der Waals surface area contributed by atoms with Gasteiger partial charge in [-0.3, -0.25) is 0 Å². The zero-order valence-electron chi connectivity index (χ0n) is 6.30. The molecule has 0 aliphatic carbocycles. The molecule has 1 aromatic rings. The molecule has 0 aliphatic rings. The van der Waals surface area contributed by atoms with Gasteiger partial charge >= 0.3 is 0 Å². The minimum absolute atomic E-state index is 0.739. The van der Waals surface area contributed by atoms with E-state index < -0.39 is 0 Å². The molecule has 1 aromatic carbocycles. The minimum atomic E-state index is 0.739. The maximum Gasteiger partial charge on any atom is 0.0423 e. The van der Waals surface area contributed by atoms with Crippen LogP contribution in [0.3, 0.4) is 0 Å². The summed E-state index contributed by atoms with van der Waals surface area (Å²) in [5, 5.41) is 0.739. The number of rotatable bonds is 2. The highest BCUT2D eigenvalue weighted by atomic mass is 79.9. The van der Waals surface area contributed by atoms with E-state index in [0.717, 1.165) is 20.8 Å². The lowest BCUT2D eigenvalue weighted by atomic mass is 10.2. The van der Waals surface area contributed by atoms with E-state index in [0.29, 0.717) is 0 Å². The number of hydrogen-bond acceptors (Lipinski definition) is 1. The van der Waals surface area contributed by atoms with Crippen LogP contribution in [0.4, 0.5) is 0 Å². The van der Waals surface area contributed by atoms with Crippen molar-refractivity contribution in [3.8, 4) is 0 Å². The Morgan fingerprint density at radius 3 is 2.75 bits per heavy atom. The molecule has 0 bridgehead atoms. The molecule has 0 aliphatic heterocycles. The van der Waals surface area contributed by atoms with Crippen molar-refractivity contribution in [1.29, 1.82) is 0 Å². The van der Waals surface area contributed by atoms with Crippen molar-refractivity contribution >= 4 is 46.2 Å². The van der Waals surface area contributed by atoms with Crippen LogP contribution in [0.2, 0.25) is 5.02 Å². The van der Waals surface area contributed by atoms with E-state index in [-0.39, 0.29) is 0 Å². The van der Waals surface area contributed by atoms with Gasteiger partial charge in [0.25, 0.3) is 0 Å². The first-order valence-electron chi connectivity index (χ1n) is 3.46. The molecule has 0 heterocycles. The maximum atomic E-state index is 5.85. The molecule has 0 saturated carbocycles. The van der Waals surface area contributed by atoms with E-state index in [1.807, 2.05) is 30.4 Å². The van der Waals surface area contributed by atoms with E-state index in [1.54, 1.807) is 0 Å². The van der Waals surface area contributed by atoms with E-state index in [1.165, 1.54) is 0 Å². The van der Waals surface area contributed by atoms with Crippen LogP contribution >= 0.6 is 40.2 Å². The summed E-state index contributed by atoms with van der Waals surface area (Å²) < 4.78 is 0.994. The van der Waals surface area contributed by atoms with E-state index >= 15 is 0 Å². The van der Waals surface area contributed by atoms with Gasteiger partial charge in [0.15, 0.2) is 0 Å². The third kappa shape index (κ3) is 3.21. The second kappa shape index (κ2) is 4.95. The van der Waals surface area contributed by atoms with Gasteiger partial charge in [-0.25, -0.2) is 0 Å². The monoisotopic (exact) mass is 262 g/mol. The molecule has 0 atom stereocenters. The zero-order chi connectivity index (χ0) is 8.97. The van der Waals surface area contributed by atoms with Gasteiger partial charge in [0.05, 0.1) is 0 Å². The van der Waals surface area contributed by atoms with Crippen LogP contribution in [0.25, 0.3) is 6.08 Å². The lowest BCUT2D eigenvalue weighted by Gasteiger charge is -1.96. The normalized spacial score (nSPS) is 10.9. The molecule has 3 heteroatoms. The molecule has 12 heavy (non-hydrogen) atoms. The van der Waals surface area contributed by atoms with Crippen molar-refractivity contribution in [2.75, 3.05) is 5.75 Å². The van der Waals surface area contributed by atoms with Crippen molar-refractivity contribution in [3.05, 3.63) is 39.3 Å². The molecule has 0 amide bonds. The molecular weight excluding hydrogens is 256 g/mol. The first kappa shape index (κ1) is 10.2. The Kier molecular flexibility index (Phi) is 4.19. The Balaban J connectivity index is 2.93. The van der Waals surface area contributed by atoms with E-state index in [2.05, 4.69) is 28.6 Å². The van der Waals surface area contributed by atoms with Crippen molar-refractivity contribution in [1.82, 2.24) is 0 Å². The van der Waals surface area contributed by atoms with Gasteiger partial charge in [0.1, 0.15) is 0 Å². The van der Waals surface area contributed by atoms with Gasteiger partial charge in [-0.15, -0.1) is 0 Å². The molecule has 0 nitrogen and oxygen atoms in total. The van der Waals surface area contributed by atoms with Gasteiger partial charge in [0.2, 0.25) is 0 Å². The molecule has 0 N–H and O–H groups in total. The summed E-state index contributed by atoms with van der Waals surface area (Å²) in [5.41, 5.74) is 1.09. The van der Waals surface area contributed by atoms with Crippen LogP contribution in [0.1, 0.15) is 5.56 Å². The summed E-state index contributed by atoms with van der Waals surface area (Å²) in [5.74, 6) is 0.740. The Morgan fingerprint density at radius 1 is 1.42 bits per heavy atom. The molecule has 0 unspecified atom stereocenters. The molecule has 64 valence electrons. The predicted molar refractivity (Wildman–Crippen MR) is 62.0 cm³/mol. The summed E-state index contributed by atoms with van der Waals surface area (Å²) in [4.78, 5) is 0. The standard InChI is InChI=1S/C9H8BrClS/c10-8-4-7(2-1-3-12)5-9(11)6-8/h1-2,4-6,12H,3H2. The first-order chi connectivity index (χ1) is 5.72. The highest BCUT2D eigenvalue weighted by molar-refractivity contribution is 9.10. The van der Waals surface area contributed by atoms with Gasteiger partial charge in [-0.2, -0.15) is 12.6 Å².